The summed E-state index contributed by atoms with van der Waals surface area (Å²) in [6, 6.07) is 12.1. The van der Waals surface area contributed by atoms with Gasteiger partial charge in [0.2, 0.25) is 11.0 Å². The van der Waals surface area contributed by atoms with Crippen molar-refractivity contribution in [3.05, 3.63) is 53.2 Å². The van der Waals surface area contributed by atoms with Crippen molar-refractivity contribution in [1.82, 2.24) is 25.4 Å². The summed E-state index contributed by atoms with van der Waals surface area (Å²) >= 11 is 3.05. The van der Waals surface area contributed by atoms with Gasteiger partial charge in [-0.3, -0.25) is 5.10 Å². The molecule has 1 N–H and O–H groups in total. The lowest BCUT2D eigenvalue weighted by Crippen LogP contribution is -1.89. The topological polar surface area (TPSA) is 80.5 Å². The number of aryl methyl sites for hydroxylation is 1. The van der Waals surface area contributed by atoms with E-state index in [1.807, 2.05) is 36.6 Å². The predicted molar refractivity (Wildman–Crippen MR) is 98.4 cm³/mol. The van der Waals surface area contributed by atoms with Crippen LogP contribution in [0.15, 0.2) is 51.4 Å². The quantitative estimate of drug-likeness (QED) is 0.512. The molecule has 3 aromatic heterocycles. The molecule has 6 nitrogen and oxygen atoms in total. The lowest BCUT2D eigenvalue weighted by Gasteiger charge is -2.01. The first-order valence-electron chi connectivity index (χ1n) is 7.72. The van der Waals surface area contributed by atoms with Crippen molar-refractivity contribution in [2.45, 2.75) is 24.3 Å². The summed E-state index contributed by atoms with van der Waals surface area (Å²) in [6.45, 7) is 4.06. The molecule has 0 aliphatic heterocycles. The monoisotopic (exact) mass is 369 g/mol. The molecular weight excluding hydrogens is 354 g/mol. The van der Waals surface area contributed by atoms with Crippen molar-refractivity contribution in [2.75, 3.05) is 0 Å². The number of hydrogen-bond donors (Lipinski definition) is 1. The van der Waals surface area contributed by atoms with Crippen LogP contribution in [0.4, 0.5) is 0 Å². The minimum Gasteiger partial charge on any atom is -0.419 e. The highest BCUT2D eigenvalue weighted by Crippen LogP contribution is 2.34. The van der Waals surface area contributed by atoms with Crippen LogP contribution in [0.2, 0.25) is 0 Å². The van der Waals surface area contributed by atoms with E-state index in [0.29, 0.717) is 16.9 Å². The van der Waals surface area contributed by atoms with Gasteiger partial charge in [0, 0.05) is 5.56 Å². The van der Waals surface area contributed by atoms with Crippen LogP contribution in [0, 0.1) is 6.92 Å². The Morgan fingerprint density at radius 2 is 2.00 bits per heavy atom. The van der Waals surface area contributed by atoms with Crippen LogP contribution in [-0.2, 0) is 0 Å². The number of rotatable bonds is 5. The average Bonchev–Trinajstić information content (AvgIpc) is 3.36. The lowest BCUT2D eigenvalue weighted by molar-refractivity contribution is 0.510. The number of benzene rings is 1. The molecule has 0 saturated heterocycles. The number of thiophene rings is 1. The van der Waals surface area contributed by atoms with Gasteiger partial charge in [-0.25, -0.2) is 4.98 Å². The summed E-state index contributed by atoms with van der Waals surface area (Å²) in [5, 5.41) is 18.1. The maximum absolute atomic E-state index is 5.77. The SMILES string of the molecule is Cc1ccc(-c2nc(SC(C)c3nnc(-c4cccs4)o3)n[nH]2)cc1. The van der Waals surface area contributed by atoms with Gasteiger partial charge in [-0.15, -0.1) is 26.6 Å². The summed E-state index contributed by atoms with van der Waals surface area (Å²) in [5.41, 5.74) is 2.22. The van der Waals surface area contributed by atoms with Gasteiger partial charge in [-0.05, 0) is 25.3 Å². The molecule has 25 heavy (non-hydrogen) atoms. The highest BCUT2D eigenvalue weighted by molar-refractivity contribution is 7.99. The molecule has 0 saturated carbocycles. The molecule has 3 heterocycles. The average molecular weight is 369 g/mol. The van der Waals surface area contributed by atoms with E-state index >= 15 is 0 Å². The lowest BCUT2D eigenvalue weighted by atomic mass is 10.1. The van der Waals surface area contributed by atoms with Crippen molar-refractivity contribution in [1.29, 1.82) is 0 Å². The fourth-order valence-corrected chi connectivity index (χ4v) is 3.65. The summed E-state index contributed by atoms with van der Waals surface area (Å²) in [5.74, 6) is 1.86. The van der Waals surface area contributed by atoms with Crippen molar-refractivity contribution in [2.24, 2.45) is 0 Å². The molecule has 126 valence electrons. The van der Waals surface area contributed by atoms with Gasteiger partial charge in [0.1, 0.15) is 0 Å². The van der Waals surface area contributed by atoms with Crippen LogP contribution in [0.3, 0.4) is 0 Å². The summed E-state index contributed by atoms with van der Waals surface area (Å²) in [7, 11) is 0. The number of aromatic amines is 1. The minimum absolute atomic E-state index is 0.0390. The van der Waals surface area contributed by atoms with Crippen LogP contribution in [-0.4, -0.2) is 25.4 Å². The third-order valence-corrected chi connectivity index (χ3v) is 5.40. The number of H-pyrrole nitrogens is 1. The molecule has 0 fully saturated rings. The first-order valence-corrected chi connectivity index (χ1v) is 9.48. The van der Waals surface area contributed by atoms with E-state index in [1.165, 1.54) is 17.3 Å². The largest absolute Gasteiger partial charge is 0.419 e. The molecule has 4 rings (SSSR count). The molecule has 0 aliphatic rings. The zero-order chi connectivity index (χ0) is 17.2. The Morgan fingerprint density at radius 3 is 2.76 bits per heavy atom. The van der Waals surface area contributed by atoms with Gasteiger partial charge in [-0.1, -0.05) is 47.7 Å². The fraction of sp³-hybridized carbons (Fsp3) is 0.176. The number of aromatic nitrogens is 5. The molecule has 0 radical (unpaired) electrons. The van der Waals surface area contributed by atoms with E-state index < -0.39 is 0 Å². The zero-order valence-corrected chi connectivity index (χ0v) is 15.3. The second-order valence-electron chi connectivity index (χ2n) is 5.52. The molecular formula is C17H15N5OS2. The third kappa shape index (κ3) is 3.49. The van der Waals surface area contributed by atoms with Gasteiger partial charge in [-0.2, -0.15) is 0 Å². The Morgan fingerprint density at radius 1 is 1.16 bits per heavy atom. The highest BCUT2D eigenvalue weighted by atomic mass is 32.2. The van der Waals surface area contributed by atoms with Gasteiger partial charge >= 0.3 is 0 Å². The van der Waals surface area contributed by atoms with Crippen LogP contribution in [0.1, 0.15) is 23.6 Å². The second-order valence-corrected chi connectivity index (χ2v) is 7.77. The van der Waals surface area contributed by atoms with E-state index in [0.717, 1.165) is 16.3 Å². The Balaban J connectivity index is 1.48. The van der Waals surface area contributed by atoms with Crippen molar-refractivity contribution < 1.29 is 4.42 Å². The third-order valence-electron chi connectivity index (χ3n) is 3.59. The number of nitrogens with zero attached hydrogens (tertiary/aromatic N) is 4. The van der Waals surface area contributed by atoms with E-state index in [4.69, 9.17) is 4.42 Å². The smallest absolute Gasteiger partial charge is 0.257 e. The normalized spacial score (nSPS) is 12.4. The maximum atomic E-state index is 5.77. The van der Waals surface area contributed by atoms with E-state index in [9.17, 15) is 0 Å². The predicted octanol–water partition coefficient (Wildman–Crippen LogP) is 4.74. The Bertz CT molecular complexity index is 959. The van der Waals surface area contributed by atoms with Gasteiger partial charge < -0.3 is 4.42 Å². The van der Waals surface area contributed by atoms with Crippen molar-refractivity contribution in [3.63, 3.8) is 0 Å². The molecule has 4 aromatic rings. The van der Waals surface area contributed by atoms with E-state index in [2.05, 4.69) is 44.4 Å². The van der Waals surface area contributed by atoms with Crippen LogP contribution >= 0.6 is 23.1 Å². The first-order chi connectivity index (χ1) is 12.2. The van der Waals surface area contributed by atoms with Gasteiger partial charge in [0.15, 0.2) is 5.82 Å². The Hall–Kier alpha value is -2.45. The van der Waals surface area contributed by atoms with Crippen LogP contribution < -0.4 is 0 Å². The molecule has 0 bridgehead atoms. The summed E-state index contributed by atoms with van der Waals surface area (Å²) < 4.78 is 5.77. The molecule has 0 spiro atoms. The number of hydrogen-bond acceptors (Lipinski definition) is 7. The minimum atomic E-state index is -0.0390. The molecule has 1 atom stereocenters. The molecule has 0 aliphatic carbocycles. The summed E-state index contributed by atoms with van der Waals surface area (Å²) in [4.78, 5) is 5.51. The molecule has 8 heteroatoms. The maximum Gasteiger partial charge on any atom is 0.257 e. The van der Waals surface area contributed by atoms with Crippen LogP contribution in [0.5, 0.6) is 0 Å². The molecule has 1 aromatic carbocycles. The van der Waals surface area contributed by atoms with Gasteiger partial charge in [0.05, 0.1) is 10.1 Å². The molecule has 0 amide bonds. The van der Waals surface area contributed by atoms with Crippen molar-refractivity contribution >= 4 is 23.1 Å². The highest BCUT2D eigenvalue weighted by Gasteiger charge is 2.19. The number of thioether (sulfide) groups is 1. The first kappa shape index (κ1) is 16.0. The standard InChI is InChI=1S/C17H15N5OS2/c1-10-5-7-12(8-6-10)14-18-17(22-19-14)25-11(2)15-20-21-16(23-15)13-4-3-9-24-13/h3-9,11H,1-2H3,(H,18,19,22). The Labute approximate surface area is 152 Å². The van der Waals surface area contributed by atoms with Crippen molar-refractivity contribution in [3.8, 4) is 22.2 Å². The zero-order valence-electron chi connectivity index (χ0n) is 13.6. The fourth-order valence-electron chi connectivity index (χ4n) is 2.25. The Kier molecular flexibility index (Phi) is 4.37. The number of nitrogens with one attached hydrogen (secondary N) is 1. The van der Waals surface area contributed by atoms with E-state index in [-0.39, 0.29) is 5.25 Å². The summed E-state index contributed by atoms with van der Waals surface area (Å²) in [6.07, 6.45) is 0. The second kappa shape index (κ2) is 6.81. The molecule has 1 unspecified atom stereocenters. The van der Waals surface area contributed by atoms with E-state index in [1.54, 1.807) is 11.3 Å². The van der Waals surface area contributed by atoms with Gasteiger partial charge in [0.25, 0.3) is 5.89 Å². The van der Waals surface area contributed by atoms with Crippen LogP contribution in [0.25, 0.3) is 22.2 Å².